The summed E-state index contributed by atoms with van der Waals surface area (Å²) >= 11 is 0. The fraction of sp³-hybridized carbons (Fsp3) is 0.478. The molecule has 0 bridgehead atoms. The van der Waals surface area contributed by atoms with Gasteiger partial charge in [-0.25, -0.2) is 4.98 Å². The molecule has 2 saturated heterocycles. The van der Waals surface area contributed by atoms with Crippen molar-refractivity contribution in [2.45, 2.75) is 25.3 Å². The number of pyridine rings is 1. The summed E-state index contributed by atoms with van der Waals surface area (Å²) in [6, 6.07) is 16.5. The van der Waals surface area contributed by atoms with Crippen molar-refractivity contribution in [1.29, 1.82) is 0 Å². The average Bonchev–Trinajstić information content (AvgIpc) is 3.31. The van der Waals surface area contributed by atoms with E-state index in [1.54, 1.807) is 6.07 Å². The van der Waals surface area contributed by atoms with Crippen LogP contribution in [0.2, 0.25) is 0 Å². The van der Waals surface area contributed by atoms with Gasteiger partial charge < -0.3 is 20.4 Å². The molecular weight excluding hydrogens is 362 g/mol. The Bertz CT molecular complexity index is 791. The molecule has 3 heterocycles. The zero-order valence-corrected chi connectivity index (χ0v) is 17.0. The molecule has 29 heavy (non-hydrogen) atoms. The molecule has 2 aromatic rings. The molecule has 6 heteroatoms. The van der Waals surface area contributed by atoms with Gasteiger partial charge in [0.1, 0.15) is 11.5 Å². The summed E-state index contributed by atoms with van der Waals surface area (Å²) in [6.07, 6.45) is 3.60. The molecule has 0 spiro atoms. The summed E-state index contributed by atoms with van der Waals surface area (Å²) < 4.78 is 0. The molecule has 2 aliphatic heterocycles. The van der Waals surface area contributed by atoms with Crippen molar-refractivity contribution in [3.8, 4) is 0 Å². The second-order valence-electron chi connectivity index (χ2n) is 7.90. The van der Waals surface area contributed by atoms with Crippen LogP contribution < -0.4 is 15.5 Å². The fourth-order valence-electron chi connectivity index (χ4n) is 4.19. The Hall–Kier alpha value is -2.44. The van der Waals surface area contributed by atoms with E-state index in [2.05, 4.69) is 49.7 Å². The van der Waals surface area contributed by atoms with Gasteiger partial charge in [0, 0.05) is 32.2 Å². The number of carbonyl (C=O) groups is 1. The molecule has 2 N–H and O–H groups in total. The third-order valence-corrected chi connectivity index (χ3v) is 5.80. The summed E-state index contributed by atoms with van der Waals surface area (Å²) in [5, 5.41) is 6.61. The van der Waals surface area contributed by atoms with E-state index in [1.165, 1.54) is 31.5 Å². The number of carbonyl (C=O) groups excluding carboxylic acids is 1. The van der Waals surface area contributed by atoms with Crippen molar-refractivity contribution >= 4 is 11.7 Å². The number of aromatic nitrogens is 1. The quantitative estimate of drug-likeness (QED) is 0.708. The van der Waals surface area contributed by atoms with Crippen molar-refractivity contribution < 1.29 is 4.79 Å². The van der Waals surface area contributed by atoms with Crippen LogP contribution in [0, 0.1) is 0 Å². The number of nitrogens with zero attached hydrogens (tertiary/aromatic N) is 3. The van der Waals surface area contributed by atoms with E-state index >= 15 is 0 Å². The van der Waals surface area contributed by atoms with Gasteiger partial charge in [-0.05, 0) is 56.6 Å². The van der Waals surface area contributed by atoms with Crippen LogP contribution in [0.25, 0.3) is 0 Å². The number of hydrogen-bond donors (Lipinski definition) is 2. The highest BCUT2D eigenvalue weighted by Crippen LogP contribution is 2.21. The van der Waals surface area contributed by atoms with Gasteiger partial charge in [0.15, 0.2) is 0 Å². The summed E-state index contributed by atoms with van der Waals surface area (Å²) in [5.74, 6) is 0.792. The van der Waals surface area contributed by atoms with Crippen molar-refractivity contribution in [1.82, 2.24) is 20.5 Å². The minimum absolute atomic E-state index is 0.0805. The van der Waals surface area contributed by atoms with E-state index in [-0.39, 0.29) is 11.9 Å². The Kier molecular flexibility index (Phi) is 6.75. The number of rotatable bonds is 7. The first-order valence-corrected chi connectivity index (χ1v) is 10.8. The van der Waals surface area contributed by atoms with Gasteiger partial charge in [-0.1, -0.05) is 36.4 Å². The normalized spacial score (nSPS) is 20.0. The minimum atomic E-state index is -0.0805. The first kappa shape index (κ1) is 19.9. The van der Waals surface area contributed by atoms with Gasteiger partial charge in [0.2, 0.25) is 0 Å². The minimum Gasteiger partial charge on any atom is -0.353 e. The Morgan fingerprint density at radius 1 is 1.07 bits per heavy atom. The zero-order valence-electron chi connectivity index (χ0n) is 17.0. The molecule has 4 rings (SSSR count). The standard InChI is InChI=1S/C23H31N5O/c29-23(25-12-7-16-27-14-4-5-15-27)20-10-6-11-22(26-20)28-17-13-24-21(18-28)19-8-2-1-3-9-19/h1-3,6,8-11,21,24H,4-5,7,12-18H2,(H,25,29). The van der Waals surface area contributed by atoms with Crippen LogP contribution in [0.1, 0.15) is 41.4 Å². The molecule has 6 nitrogen and oxygen atoms in total. The molecule has 0 radical (unpaired) electrons. The van der Waals surface area contributed by atoms with Crippen molar-refractivity contribution in [3.05, 3.63) is 59.8 Å². The summed E-state index contributed by atoms with van der Waals surface area (Å²) in [7, 11) is 0. The van der Waals surface area contributed by atoms with Crippen LogP contribution in [0.3, 0.4) is 0 Å². The number of likely N-dealkylation sites (tertiary alicyclic amines) is 1. The Morgan fingerprint density at radius 3 is 2.72 bits per heavy atom. The van der Waals surface area contributed by atoms with Gasteiger partial charge >= 0.3 is 0 Å². The molecule has 2 fully saturated rings. The van der Waals surface area contributed by atoms with E-state index in [1.807, 2.05) is 18.2 Å². The average molecular weight is 394 g/mol. The lowest BCUT2D eigenvalue weighted by Gasteiger charge is -2.35. The molecule has 1 aromatic heterocycles. The van der Waals surface area contributed by atoms with Crippen molar-refractivity contribution in [2.75, 3.05) is 50.7 Å². The molecular formula is C23H31N5O. The number of benzene rings is 1. The highest BCUT2D eigenvalue weighted by Gasteiger charge is 2.22. The number of anilines is 1. The lowest BCUT2D eigenvalue weighted by Crippen LogP contribution is -2.46. The maximum Gasteiger partial charge on any atom is 0.269 e. The zero-order chi connectivity index (χ0) is 19.9. The van der Waals surface area contributed by atoms with E-state index in [0.717, 1.165) is 38.4 Å². The SMILES string of the molecule is O=C(NCCCN1CCCC1)c1cccc(N2CCNC(c3ccccc3)C2)n1. The van der Waals surface area contributed by atoms with Gasteiger partial charge in [0.25, 0.3) is 5.91 Å². The molecule has 1 atom stereocenters. The van der Waals surface area contributed by atoms with Crippen LogP contribution in [-0.4, -0.2) is 61.6 Å². The maximum atomic E-state index is 12.5. The summed E-state index contributed by atoms with van der Waals surface area (Å²) in [6.45, 7) is 6.79. The van der Waals surface area contributed by atoms with Crippen LogP contribution in [0.5, 0.6) is 0 Å². The molecule has 154 valence electrons. The second kappa shape index (κ2) is 9.85. The van der Waals surface area contributed by atoms with E-state index in [9.17, 15) is 4.79 Å². The molecule has 1 aromatic carbocycles. The molecule has 1 amide bonds. The van der Waals surface area contributed by atoms with E-state index in [0.29, 0.717) is 12.2 Å². The van der Waals surface area contributed by atoms with Crippen molar-refractivity contribution in [3.63, 3.8) is 0 Å². The number of nitrogens with one attached hydrogen (secondary N) is 2. The van der Waals surface area contributed by atoms with E-state index in [4.69, 9.17) is 0 Å². The number of hydrogen-bond acceptors (Lipinski definition) is 5. The van der Waals surface area contributed by atoms with Crippen LogP contribution in [-0.2, 0) is 0 Å². The summed E-state index contributed by atoms with van der Waals surface area (Å²) in [4.78, 5) is 21.9. The van der Waals surface area contributed by atoms with Gasteiger partial charge in [0.05, 0.1) is 0 Å². The smallest absolute Gasteiger partial charge is 0.269 e. The Balaban J connectivity index is 1.32. The first-order chi connectivity index (χ1) is 14.3. The maximum absolute atomic E-state index is 12.5. The summed E-state index contributed by atoms with van der Waals surface area (Å²) in [5.41, 5.74) is 1.78. The van der Waals surface area contributed by atoms with Crippen molar-refractivity contribution in [2.24, 2.45) is 0 Å². The van der Waals surface area contributed by atoms with Gasteiger partial charge in [-0.3, -0.25) is 4.79 Å². The highest BCUT2D eigenvalue weighted by molar-refractivity contribution is 5.92. The largest absolute Gasteiger partial charge is 0.353 e. The van der Waals surface area contributed by atoms with Crippen LogP contribution >= 0.6 is 0 Å². The topological polar surface area (TPSA) is 60.5 Å². The molecule has 0 saturated carbocycles. The first-order valence-electron chi connectivity index (χ1n) is 10.8. The predicted molar refractivity (Wildman–Crippen MR) is 116 cm³/mol. The van der Waals surface area contributed by atoms with E-state index < -0.39 is 0 Å². The lowest BCUT2D eigenvalue weighted by molar-refractivity contribution is 0.0947. The fourth-order valence-corrected chi connectivity index (χ4v) is 4.19. The molecule has 2 aliphatic rings. The third-order valence-electron chi connectivity index (χ3n) is 5.80. The molecule has 1 unspecified atom stereocenters. The Labute approximate surface area is 173 Å². The van der Waals surface area contributed by atoms with Crippen LogP contribution in [0.15, 0.2) is 48.5 Å². The molecule has 0 aliphatic carbocycles. The van der Waals surface area contributed by atoms with Gasteiger partial charge in [-0.15, -0.1) is 0 Å². The monoisotopic (exact) mass is 393 g/mol. The highest BCUT2D eigenvalue weighted by atomic mass is 16.1. The lowest BCUT2D eigenvalue weighted by atomic mass is 10.0. The Morgan fingerprint density at radius 2 is 1.90 bits per heavy atom. The van der Waals surface area contributed by atoms with Crippen LogP contribution in [0.4, 0.5) is 5.82 Å². The number of amides is 1. The number of piperazine rings is 1. The second-order valence-corrected chi connectivity index (χ2v) is 7.90. The third kappa shape index (κ3) is 5.34. The van der Waals surface area contributed by atoms with Gasteiger partial charge in [-0.2, -0.15) is 0 Å². The predicted octanol–water partition coefficient (Wildman–Crippen LogP) is 2.45.